The molecule has 6 heteroatoms. The summed E-state index contributed by atoms with van der Waals surface area (Å²) in [5.41, 5.74) is 2.41. The molecule has 0 aliphatic heterocycles. The van der Waals surface area contributed by atoms with Gasteiger partial charge in [-0.3, -0.25) is 10.1 Å². The van der Waals surface area contributed by atoms with Crippen molar-refractivity contribution < 1.29 is 14.0 Å². The van der Waals surface area contributed by atoms with Gasteiger partial charge in [-0.1, -0.05) is 45.0 Å². The maximum atomic E-state index is 12.0. The van der Waals surface area contributed by atoms with Gasteiger partial charge in [-0.2, -0.15) is 0 Å². The number of urea groups is 1. The van der Waals surface area contributed by atoms with Crippen molar-refractivity contribution in [3.8, 4) is 0 Å². The summed E-state index contributed by atoms with van der Waals surface area (Å²) in [6.45, 7) is 6.61. The second-order valence-electron chi connectivity index (χ2n) is 6.51. The Balaban J connectivity index is 1.81. The highest BCUT2D eigenvalue weighted by Crippen LogP contribution is 2.22. The van der Waals surface area contributed by atoms with Crippen molar-refractivity contribution in [2.45, 2.75) is 39.8 Å². The van der Waals surface area contributed by atoms with Crippen molar-refractivity contribution in [1.82, 2.24) is 16.0 Å². The molecule has 1 heterocycles. The van der Waals surface area contributed by atoms with Crippen LogP contribution in [0, 0.1) is 5.92 Å². The van der Waals surface area contributed by atoms with Gasteiger partial charge in [-0.25, -0.2) is 4.79 Å². The highest BCUT2D eigenvalue weighted by molar-refractivity contribution is 5.95. The summed E-state index contributed by atoms with van der Waals surface area (Å²) in [6.07, 6.45) is 2.53. The molecule has 0 spiro atoms. The minimum atomic E-state index is -0.540. The van der Waals surface area contributed by atoms with Crippen molar-refractivity contribution in [2.24, 2.45) is 5.92 Å². The first-order valence-electron chi connectivity index (χ1n) is 8.92. The van der Waals surface area contributed by atoms with E-state index in [4.69, 9.17) is 4.42 Å². The van der Waals surface area contributed by atoms with Crippen molar-refractivity contribution in [2.75, 3.05) is 6.54 Å². The van der Waals surface area contributed by atoms with E-state index in [0.717, 1.165) is 12.0 Å². The monoisotopic (exact) mass is 357 g/mol. The Labute approximate surface area is 154 Å². The average Bonchev–Trinajstić information content (AvgIpc) is 3.14. The van der Waals surface area contributed by atoms with Crippen LogP contribution in [0.1, 0.15) is 43.7 Å². The molecule has 0 unspecified atom stereocenters. The van der Waals surface area contributed by atoms with Gasteiger partial charge >= 0.3 is 6.03 Å². The number of amides is 3. The molecule has 0 saturated heterocycles. The van der Waals surface area contributed by atoms with E-state index in [1.165, 1.54) is 11.8 Å². The van der Waals surface area contributed by atoms with Crippen LogP contribution >= 0.6 is 0 Å². The van der Waals surface area contributed by atoms with Crippen LogP contribution in [0.5, 0.6) is 0 Å². The normalized spacial score (nSPS) is 12.0. The molecule has 1 aromatic heterocycles. The van der Waals surface area contributed by atoms with Crippen LogP contribution in [0.2, 0.25) is 0 Å². The topological polar surface area (TPSA) is 83.4 Å². The maximum absolute atomic E-state index is 12.0. The number of rotatable bonds is 8. The van der Waals surface area contributed by atoms with Gasteiger partial charge in [-0.15, -0.1) is 0 Å². The number of nitrogens with one attached hydrogen (secondary N) is 3. The fraction of sp³-hybridized carbons (Fsp3) is 0.400. The minimum Gasteiger partial charge on any atom is -0.467 e. The molecule has 140 valence electrons. The van der Waals surface area contributed by atoms with E-state index in [2.05, 4.69) is 61.0 Å². The number of benzene rings is 1. The molecule has 1 atom stereocenters. The van der Waals surface area contributed by atoms with E-state index in [1.54, 1.807) is 12.1 Å². The van der Waals surface area contributed by atoms with Gasteiger partial charge in [0.25, 0.3) is 0 Å². The summed E-state index contributed by atoms with van der Waals surface area (Å²) in [4.78, 5) is 23.8. The van der Waals surface area contributed by atoms with Crippen LogP contribution in [-0.4, -0.2) is 18.5 Å². The zero-order valence-corrected chi connectivity index (χ0v) is 15.5. The van der Waals surface area contributed by atoms with E-state index in [9.17, 15) is 9.59 Å². The van der Waals surface area contributed by atoms with Crippen LogP contribution < -0.4 is 16.0 Å². The molecule has 2 rings (SSSR count). The Morgan fingerprint density at radius 2 is 1.85 bits per heavy atom. The molecule has 0 radical (unpaired) electrons. The number of carbonyl (C=O) groups excluding carboxylic acids is 2. The van der Waals surface area contributed by atoms with E-state index < -0.39 is 6.03 Å². The van der Waals surface area contributed by atoms with Crippen molar-refractivity contribution in [3.63, 3.8) is 0 Å². The fourth-order valence-corrected chi connectivity index (χ4v) is 2.70. The molecule has 3 amide bonds. The highest BCUT2D eigenvalue weighted by Gasteiger charge is 2.17. The third kappa shape index (κ3) is 6.04. The van der Waals surface area contributed by atoms with E-state index in [1.807, 2.05) is 0 Å². The minimum absolute atomic E-state index is 0.0397. The van der Waals surface area contributed by atoms with Crippen molar-refractivity contribution >= 4 is 11.9 Å². The molecular formula is C20H27N3O3. The van der Waals surface area contributed by atoms with E-state index in [-0.39, 0.29) is 25.0 Å². The Morgan fingerprint density at radius 3 is 2.42 bits per heavy atom. The average molecular weight is 357 g/mol. The lowest BCUT2D eigenvalue weighted by atomic mass is 9.95. The standard InChI is InChI=1S/C20H27N3O3/c1-4-15-7-9-16(10-8-15)19(14(2)3)21-13-18(24)23-20(25)22-12-17-6-5-11-26-17/h5-11,14,19,21H,4,12-13H2,1-3H3,(H2,22,23,24,25)/t19-/m1/s1. The van der Waals surface area contributed by atoms with E-state index in [0.29, 0.717) is 11.7 Å². The van der Waals surface area contributed by atoms with Crippen LogP contribution in [0.25, 0.3) is 0 Å². The summed E-state index contributed by atoms with van der Waals surface area (Å²) < 4.78 is 5.12. The number of aryl methyl sites for hydroxylation is 1. The molecular weight excluding hydrogens is 330 g/mol. The summed E-state index contributed by atoms with van der Waals surface area (Å²) in [5.74, 6) is 0.557. The van der Waals surface area contributed by atoms with Crippen LogP contribution in [-0.2, 0) is 17.8 Å². The Bertz CT molecular complexity index is 694. The molecule has 0 saturated carbocycles. The van der Waals surface area contributed by atoms with Gasteiger partial charge in [0.1, 0.15) is 5.76 Å². The summed E-state index contributed by atoms with van der Waals surface area (Å²) >= 11 is 0. The number of hydrogen-bond acceptors (Lipinski definition) is 4. The molecule has 26 heavy (non-hydrogen) atoms. The molecule has 0 fully saturated rings. The summed E-state index contributed by atoms with van der Waals surface area (Å²) in [7, 11) is 0. The smallest absolute Gasteiger partial charge is 0.321 e. The van der Waals surface area contributed by atoms with Crippen LogP contribution in [0.4, 0.5) is 4.79 Å². The number of carbonyl (C=O) groups is 2. The van der Waals surface area contributed by atoms with Crippen LogP contribution in [0.15, 0.2) is 47.1 Å². The first kappa shape index (κ1) is 19.7. The lowest BCUT2D eigenvalue weighted by molar-refractivity contribution is -0.119. The highest BCUT2D eigenvalue weighted by atomic mass is 16.3. The molecule has 0 aliphatic rings. The number of hydrogen-bond donors (Lipinski definition) is 3. The largest absolute Gasteiger partial charge is 0.467 e. The van der Waals surface area contributed by atoms with Crippen LogP contribution in [0.3, 0.4) is 0 Å². The third-order valence-electron chi connectivity index (χ3n) is 4.15. The van der Waals surface area contributed by atoms with Gasteiger partial charge in [-0.05, 0) is 35.6 Å². The Kier molecular flexibility index (Phi) is 7.41. The lowest BCUT2D eigenvalue weighted by Crippen LogP contribution is -2.44. The molecule has 0 aliphatic carbocycles. The molecule has 0 bridgehead atoms. The van der Waals surface area contributed by atoms with Gasteiger partial charge in [0.05, 0.1) is 19.4 Å². The predicted molar refractivity (Wildman–Crippen MR) is 100 cm³/mol. The molecule has 1 aromatic carbocycles. The zero-order chi connectivity index (χ0) is 18.9. The first-order valence-corrected chi connectivity index (χ1v) is 8.92. The van der Waals surface area contributed by atoms with Gasteiger partial charge in [0, 0.05) is 6.04 Å². The molecule has 3 N–H and O–H groups in total. The SMILES string of the molecule is CCc1ccc([C@H](NCC(=O)NC(=O)NCc2ccco2)C(C)C)cc1. The number of imide groups is 1. The molecule has 6 nitrogen and oxygen atoms in total. The maximum Gasteiger partial charge on any atom is 0.321 e. The third-order valence-corrected chi connectivity index (χ3v) is 4.15. The summed E-state index contributed by atoms with van der Waals surface area (Å²) in [5, 5.41) is 8.13. The quantitative estimate of drug-likeness (QED) is 0.678. The van der Waals surface area contributed by atoms with Crippen molar-refractivity contribution in [1.29, 1.82) is 0 Å². The zero-order valence-electron chi connectivity index (χ0n) is 15.5. The Morgan fingerprint density at radius 1 is 1.12 bits per heavy atom. The van der Waals surface area contributed by atoms with E-state index >= 15 is 0 Å². The molecule has 2 aromatic rings. The van der Waals surface area contributed by atoms with Gasteiger partial charge in [0.2, 0.25) is 5.91 Å². The second-order valence-corrected chi connectivity index (χ2v) is 6.51. The van der Waals surface area contributed by atoms with Gasteiger partial charge in [0.15, 0.2) is 0 Å². The predicted octanol–water partition coefficient (Wildman–Crippen LogP) is 3.15. The fourth-order valence-electron chi connectivity index (χ4n) is 2.70. The number of furan rings is 1. The lowest BCUT2D eigenvalue weighted by Gasteiger charge is -2.23. The van der Waals surface area contributed by atoms with Gasteiger partial charge < -0.3 is 15.1 Å². The van der Waals surface area contributed by atoms with Crippen molar-refractivity contribution in [3.05, 3.63) is 59.5 Å². The first-order chi connectivity index (χ1) is 12.5. The Hall–Kier alpha value is -2.60. The summed E-state index contributed by atoms with van der Waals surface area (Å²) in [6, 6.07) is 11.4. The second kappa shape index (κ2) is 9.77.